The Bertz CT molecular complexity index is 629. The van der Waals surface area contributed by atoms with Crippen molar-refractivity contribution in [2.75, 3.05) is 26.9 Å². The fourth-order valence-corrected chi connectivity index (χ4v) is 2.33. The van der Waals surface area contributed by atoms with E-state index in [1.54, 1.807) is 7.11 Å². The fraction of sp³-hybridized carbons (Fsp3) is 0.312. The van der Waals surface area contributed by atoms with Gasteiger partial charge in [-0.2, -0.15) is 0 Å². The Balaban J connectivity index is 1.90. The van der Waals surface area contributed by atoms with E-state index in [1.165, 1.54) is 0 Å². The first kappa shape index (κ1) is 13.1. The zero-order chi connectivity index (χ0) is 13.9. The number of rotatable bonds is 3. The fourth-order valence-electron chi connectivity index (χ4n) is 2.33. The number of hydrogen-bond acceptors (Lipinski definition) is 4. The second kappa shape index (κ2) is 5.61. The van der Waals surface area contributed by atoms with Gasteiger partial charge in [-0.1, -0.05) is 18.2 Å². The van der Waals surface area contributed by atoms with E-state index in [1.807, 2.05) is 36.4 Å². The van der Waals surface area contributed by atoms with E-state index < -0.39 is 6.10 Å². The van der Waals surface area contributed by atoms with Gasteiger partial charge in [-0.25, -0.2) is 0 Å². The van der Waals surface area contributed by atoms with Crippen LogP contribution in [0, 0.1) is 0 Å². The summed E-state index contributed by atoms with van der Waals surface area (Å²) in [6, 6.07) is 11.4. The van der Waals surface area contributed by atoms with Crippen molar-refractivity contribution in [3.05, 3.63) is 42.0 Å². The molecule has 0 aromatic heterocycles. The Morgan fingerprint density at radius 3 is 2.70 bits per heavy atom. The predicted molar refractivity (Wildman–Crippen MR) is 75.4 cm³/mol. The summed E-state index contributed by atoms with van der Waals surface area (Å²) in [6.45, 7) is 1.36. The number of carbonyl (C=O) groups is 1. The first-order chi connectivity index (χ1) is 9.78. The number of ether oxygens (including phenoxy) is 3. The van der Waals surface area contributed by atoms with E-state index in [4.69, 9.17) is 14.2 Å². The van der Waals surface area contributed by atoms with Crippen LogP contribution >= 0.6 is 0 Å². The van der Waals surface area contributed by atoms with E-state index >= 15 is 0 Å². The molecule has 1 heterocycles. The molecule has 0 bridgehead atoms. The molecule has 0 saturated carbocycles. The Morgan fingerprint density at radius 2 is 1.95 bits per heavy atom. The molecule has 2 aromatic rings. The van der Waals surface area contributed by atoms with Crippen LogP contribution in [0.15, 0.2) is 36.4 Å². The van der Waals surface area contributed by atoms with Crippen LogP contribution in [0.1, 0.15) is 10.4 Å². The number of ketones is 1. The van der Waals surface area contributed by atoms with Gasteiger partial charge in [-0.3, -0.25) is 4.79 Å². The lowest BCUT2D eigenvalue weighted by Gasteiger charge is -2.21. The number of benzene rings is 2. The summed E-state index contributed by atoms with van der Waals surface area (Å²) in [5.74, 6) is 0.781. The van der Waals surface area contributed by atoms with E-state index in [0.29, 0.717) is 25.4 Å². The lowest BCUT2D eigenvalue weighted by molar-refractivity contribution is -0.0719. The van der Waals surface area contributed by atoms with Crippen LogP contribution < -0.4 is 4.74 Å². The summed E-state index contributed by atoms with van der Waals surface area (Å²) < 4.78 is 15.9. The number of Topliss-reactive ketones (excluding diaryl/α,β-unsaturated/α-hetero) is 1. The molecule has 1 aliphatic heterocycles. The van der Waals surface area contributed by atoms with E-state index in [9.17, 15) is 4.79 Å². The molecule has 104 valence electrons. The molecule has 1 aliphatic rings. The Hall–Kier alpha value is -1.91. The highest BCUT2D eigenvalue weighted by Crippen LogP contribution is 2.23. The van der Waals surface area contributed by atoms with Gasteiger partial charge in [0.05, 0.1) is 26.9 Å². The van der Waals surface area contributed by atoms with Crippen LogP contribution in [-0.4, -0.2) is 38.8 Å². The van der Waals surface area contributed by atoms with Crippen LogP contribution in [0.25, 0.3) is 10.8 Å². The minimum Gasteiger partial charge on any atom is -0.497 e. The van der Waals surface area contributed by atoms with Crippen molar-refractivity contribution in [2.45, 2.75) is 6.10 Å². The molecule has 0 spiro atoms. The molecule has 20 heavy (non-hydrogen) atoms. The first-order valence-electron chi connectivity index (χ1n) is 6.59. The zero-order valence-corrected chi connectivity index (χ0v) is 11.3. The van der Waals surface area contributed by atoms with Gasteiger partial charge in [0, 0.05) is 5.56 Å². The number of hydrogen-bond donors (Lipinski definition) is 0. The summed E-state index contributed by atoms with van der Waals surface area (Å²) in [6.07, 6.45) is -0.487. The Morgan fingerprint density at radius 1 is 1.15 bits per heavy atom. The van der Waals surface area contributed by atoms with E-state index in [-0.39, 0.29) is 5.78 Å². The Labute approximate surface area is 117 Å². The van der Waals surface area contributed by atoms with Crippen LogP contribution in [0.5, 0.6) is 5.75 Å². The van der Waals surface area contributed by atoms with Crippen LogP contribution in [-0.2, 0) is 9.47 Å². The molecule has 1 fully saturated rings. The molecule has 1 unspecified atom stereocenters. The smallest absolute Gasteiger partial charge is 0.193 e. The standard InChI is InChI=1S/C16H16O4/c1-18-14-5-4-11-8-13(3-2-12(11)9-14)16(17)15-10-19-6-7-20-15/h2-5,8-9,15H,6-7,10H2,1H3. The quantitative estimate of drug-likeness (QED) is 0.805. The lowest BCUT2D eigenvalue weighted by Crippen LogP contribution is -2.35. The van der Waals surface area contributed by atoms with Crippen molar-refractivity contribution in [2.24, 2.45) is 0 Å². The minimum atomic E-state index is -0.487. The predicted octanol–water partition coefficient (Wildman–Crippen LogP) is 2.45. The highest BCUT2D eigenvalue weighted by Gasteiger charge is 2.23. The van der Waals surface area contributed by atoms with Crippen LogP contribution in [0.3, 0.4) is 0 Å². The topological polar surface area (TPSA) is 44.8 Å². The van der Waals surface area contributed by atoms with Crippen molar-refractivity contribution in [3.63, 3.8) is 0 Å². The maximum absolute atomic E-state index is 12.3. The molecule has 4 nitrogen and oxygen atoms in total. The average molecular weight is 272 g/mol. The SMILES string of the molecule is COc1ccc2cc(C(=O)C3COCCO3)ccc2c1. The van der Waals surface area contributed by atoms with Crippen molar-refractivity contribution in [1.82, 2.24) is 0 Å². The third-order valence-corrected chi connectivity index (χ3v) is 3.44. The molecule has 0 aliphatic carbocycles. The van der Waals surface area contributed by atoms with Gasteiger partial charge in [-0.15, -0.1) is 0 Å². The number of methoxy groups -OCH3 is 1. The highest BCUT2D eigenvalue weighted by molar-refractivity contribution is 6.02. The molecule has 2 aromatic carbocycles. The normalized spacial score (nSPS) is 18.9. The minimum absolute atomic E-state index is 0.0255. The molecule has 0 radical (unpaired) electrons. The number of fused-ring (bicyclic) bond motifs is 1. The summed E-state index contributed by atoms with van der Waals surface area (Å²) in [7, 11) is 1.64. The molecular formula is C16H16O4. The third kappa shape index (κ3) is 2.53. The summed E-state index contributed by atoms with van der Waals surface area (Å²) >= 11 is 0. The molecule has 1 saturated heterocycles. The number of carbonyl (C=O) groups excluding carboxylic acids is 1. The van der Waals surface area contributed by atoms with E-state index in [0.717, 1.165) is 16.5 Å². The van der Waals surface area contributed by atoms with Gasteiger partial charge >= 0.3 is 0 Å². The van der Waals surface area contributed by atoms with Gasteiger partial charge in [-0.05, 0) is 29.0 Å². The maximum Gasteiger partial charge on any atom is 0.193 e. The largest absolute Gasteiger partial charge is 0.497 e. The summed E-state index contributed by atoms with van der Waals surface area (Å²) in [5, 5.41) is 2.05. The van der Waals surface area contributed by atoms with Crippen LogP contribution in [0.2, 0.25) is 0 Å². The molecule has 0 N–H and O–H groups in total. The van der Waals surface area contributed by atoms with E-state index in [2.05, 4.69) is 0 Å². The van der Waals surface area contributed by atoms with Gasteiger partial charge in [0.2, 0.25) is 0 Å². The van der Waals surface area contributed by atoms with Gasteiger partial charge in [0.25, 0.3) is 0 Å². The van der Waals surface area contributed by atoms with Crippen molar-refractivity contribution >= 4 is 16.6 Å². The molecule has 1 atom stereocenters. The van der Waals surface area contributed by atoms with Crippen molar-refractivity contribution in [3.8, 4) is 5.75 Å². The monoisotopic (exact) mass is 272 g/mol. The molecule has 0 amide bonds. The van der Waals surface area contributed by atoms with Crippen molar-refractivity contribution < 1.29 is 19.0 Å². The molecular weight excluding hydrogens is 256 g/mol. The van der Waals surface area contributed by atoms with Gasteiger partial charge < -0.3 is 14.2 Å². The summed E-state index contributed by atoms with van der Waals surface area (Å²) in [5.41, 5.74) is 0.651. The maximum atomic E-state index is 12.3. The van der Waals surface area contributed by atoms with Crippen LogP contribution in [0.4, 0.5) is 0 Å². The second-order valence-electron chi connectivity index (χ2n) is 4.73. The molecule has 4 heteroatoms. The zero-order valence-electron chi connectivity index (χ0n) is 11.3. The second-order valence-corrected chi connectivity index (χ2v) is 4.73. The van der Waals surface area contributed by atoms with Crippen molar-refractivity contribution in [1.29, 1.82) is 0 Å². The summed E-state index contributed by atoms with van der Waals surface area (Å²) in [4.78, 5) is 12.3. The highest BCUT2D eigenvalue weighted by atomic mass is 16.6. The first-order valence-corrected chi connectivity index (χ1v) is 6.59. The van der Waals surface area contributed by atoms with Gasteiger partial charge in [0.15, 0.2) is 5.78 Å². The Kier molecular flexibility index (Phi) is 3.67. The average Bonchev–Trinajstić information content (AvgIpc) is 2.54. The molecule has 3 rings (SSSR count). The third-order valence-electron chi connectivity index (χ3n) is 3.44. The lowest BCUT2D eigenvalue weighted by atomic mass is 10.0. The van der Waals surface area contributed by atoms with Gasteiger partial charge in [0.1, 0.15) is 11.9 Å².